The van der Waals surface area contributed by atoms with E-state index in [4.69, 9.17) is 9.57 Å². The van der Waals surface area contributed by atoms with E-state index in [1.54, 1.807) is 20.8 Å². The first-order valence-electron chi connectivity index (χ1n) is 10.7. The molecule has 0 heterocycles. The molecule has 33 heavy (non-hydrogen) atoms. The van der Waals surface area contributed by atoms with Gasteiger partial charge in [-0.05, 0) is 74.1 Å². The first-order chi connectivity index (χ1) is 14.7. The predicted molar refractivity (Wildman–Crippen MR) is 123 cm³/mol. The molecule has 1 unspecified atom stereocenters. The minimum absolute atomic E-state index is 0. The molecule has 8 nitrogen and oxygen atoms in total. The molecule has 0 aliphatic heterocycles. The van der Waals surface area contributed by atoms with Crippen LogP contribution in [0.15, 0.2) is 34.9 Å². The van der Waals surface area contributed by atoms with E-state index in [2.05, 4.69) is 42.9 Å². The number of hydrogen-bond acceptors (Lipinski definition) is 7. The van der Waals surface area contributed by atoms with Crippen molar-refractivity contribution in [2.45, 2.75) is 74.1 Å². The second-order valence-electron chi connectivity index (χ2n) is 8.99. The van der Waals surface area contributed by atoms with Gasteiger partial charge in [-0.2, -0.15) is 0 Å². The van der Waals surface area contributed by atoms with Crippen molar-refractivity contribution in [1.82, 2.24) is 5.48 Å². The van der Waals surface area contributed by atoms with E-state index in [9.17, 15) is 19.0 Å². The summed E-state index contributed by atoms with van der Waals surface area (Å²) in [6.45, 7) is 12.5. The normalized spacial score (nSPS) is 14.1. The second-order valence-corrected chi connectivity index (χ2v) is 10.8. The van der Waals surface area contributed by atoms with Crippen LogP contribution in [0.5, 0.6) is 0 Å². The van der Waals surface area contributed by atoms with Crippen LogP contribution in [0.3, 0.4) is 0 Å². The molecule has 184 valence electrons. The van der Waals surface area contributed by atoms with Crippen LogP contribution in [0, 0.1) is 5.41 Å². The van der Waals surface area contributed by atoms with E-state index in [0.717, 1.165) is 31.3 Å². The van der Waals surface area contributed by atoms with Gasteiger partial charge in [0, 0.05) is 0 Å². The summed E-state index contributed by atoms with van der Waals surface area (Å²) >= 11 is 0. The number of amides is 1. The van der Waals surface area contributed by atoms with Crippen molar-refractivity contribution in [3.63, 3.8) is 0 Å². The van der Waals surface area contributed by atoms with Gasteiger partial charge in [0.05, 0.1) is 18.2 Å². The number of hydrogen-bond donors (Lipinski definition) is 1. The minimum Gasteiger partial charge on any atom is -0.778 e. The Morgan fingerprint density at radius 1 is 0.970 bits per heavy atom. The fourth-order valence-corrected chi connectivity index (χ4v) is 3.00. The summed E-state index contributed by atoms with van der Waals surface area (Å²) in [7, 11) is -4.51. The van der Waals surface area contributed by atoms with Gasteiger partial charge in [-0.3, -0.25) is 14.4 Å². The van der Waals surface area contributed by atoms with Crippen LogP contribution < -0.4 is 39.9 Å². The summed E-state index contributed by atoms with van der Waals surface area (Å²) in [4.78, 5) is 40.0. The Morgan fingerprint density at radius 2 is 1.52 bits per heavy atom. The number of ether oxygens (including phenoxy) is 1. The van der Waals surface area contributed by atoms with Crippen molar-refractivity contribution in [2.75, 3.05) is 19.6 Å². The molecule has 10 heteroatoms. The molecule has 1 N–H and O–H groups in total. The summed E-state index contributed by atoms with van der Waals surface area (Å²) in [5.74, 6) is -1.48. The molecular formula is C23H39NNaO7P. The van der Waals surface area contributed by atoms with Crippen LogP contribution in [0.2, 0.25) is 0 Å². The molecule has 0 rings (SSSR count). The number of rotatable bonds is 14. The standard InChI is InChI=1S/C23H40NO7P.Na/c1-18(2)10-8-11-19(3)12-9-13-20(4)14-15-30-24-21(25)16-32(27,28)31-17-29-22(26)23(5,6)7;/h10,12,14H,8-9,11,13,15-17H2,1-7H3,(H,24,25)(H,27,28);/q;+1/p-1. The van der Waals surface area contributed by atoms with E-state index >= 15 is 0 Å². The number of esters is 1. The van der Waals surface area contributed by atoms with Crippen LogP contribution in [-0.2, 0) is 28.3 Å². The molecule has 1 atom stereocenters. The number of carbonyl (C=O) groups is 2. The molecule has 1 amide bonds. The topological polar surface area (TPSA) is 114 Å². The monoisotopic (exact) mass is 495 g/mol. The maximum atomic E-state index is 11.8. The molecule has 0 aliphatic carbocycles. The summed E-state index contributed by atoms with van der Waals surface area (Å²) in [5, 5.41) is 0. The van der Waals surface area contributed by atoms with E-state index in [1.807, 2.05) is 13.0 Å². The van der Waals surface area contributed by atoms with Crippen LogP contribution >= 0.6 is 7.60 Å². The first-order valence-corrected chi connectivity index (χ1v) is 12.4. The molecule has 0 fully saturated rings. The van der Waals surface area contributed by atoms with Gasteiger partial charge >= 0.3 is 35.5 Å². The Bertz CT molecular complexity index is 750. The number of carbonyl (C=O) groups excluding carboxylic acids is 2. The largest absolute Gasteiger partial charge is 1.00 e. The zero-order chi connectivity index (χ0) is 24.8. The van der Waals surface area contributed by atoms with E-state index in [1.165, 1.54) is 11.1 Å². The molecular weight excluding hydrogens is 456 g/mol. The zero-order valence-corrected chi connectivity index (χ0v) is 24.4. The van der Waals surface area contributed by atoms with Crippen molar-refractivity contribution in [3.05, 3.63) is 34.9 Å². The van der Waals surface area contributed by atoms with Crippen LogP contribution in [0.4, 0.5) is 0 Å². The van der Waals surface area contributed by atoms with E-state index in [-0.39, 0.29) is 36.2 Å². The molecule has 0 spiro atoms. The third kappa shape index (κ3) is 20.4. The SMILES string of the molecule is CC(C)=CCCC(C)=CCCC(C)=CCONC(=O)CP(=O)([O-])OCOC(=O)C(C)(C)C.[Na+]. The molecule has 0 aromatic carbocycles. The first kappa shape index (κ1) is 34.4. The zero-order valence-electron chi connectivity index (χ0n) is 21.5. The van der Waals surface area contributed by atoms with E-state index in [0.29, 0.717) is 0 Å². The quantitative estimate of drug-likeness (QED) is 0.0740. The third-order valence-corrected chi connectivity index (χ3v) is 5.39. The molecule has 0 saturated carbocycles. The summed E-state index contributed by atoms with van der Waals surface area (Å²) in [5.41, 5.74) is 5.07. The van der Waals surface area contributed by atoms with Crippen molar-refractivity contribution in [2.24, 2.45) is 5.41 Å². The van der Waals surface area contributed by atoms with Crippen molar-refractivity contribution < 1.29 is 62.7 Å². The smallest absolute Gasteiger partial charge is 0.778 e. The molecule has 0 aromatic rings. The maximum Gasteiger partial charge on any atom is 1.00 e. The molecule has 0 radical (unpaired) electrons. The third-order valence-electron chi connectivity index (χ3n) is 4.21. The average Bonchev–Trinajstić information content (AvgIpc) is 2.63. The Labute approximate surface area is 221 Å². The van der Waals surface area contributed by atoms with Crippen LogP contribution in [0.25, 0.3) is 0 Å². The minimum atomic E-state index is -4.51. The van der Waals surface area contributed by atoms with Gasteiger partial charge in [-0.1, -0.05) is 34.9 Å². The molecule has 0 aromatic heterocycles. The van der Waals surface area contributed by atoms with Crippen molar-refractivity contribution in [1.29, 1.82) is 0 Å². The van der Waals surface area contributed by atoms with Gasteiger partial charge in [0.15, 0.2) is 6.79 Å². The van der Waals surface area contributed by atoms with Gasteiger partial charge in [-0.15, -0.1) is 0 Å². The Kier molecular flexibility index (Phi) is 18.4. The Balaban J connectivity index is 0. The molecule has 0 saturated heterocycles. The van der Waals surface area contributed by atoms with Gasteiger partial charge in [0.1, 0.15) is 7.60 Å². The maximum absolute atomic E-state index is 11.8. The fraction of sp³-hybridized carbons (Fsp3) is 0.652. The summed E-state index contributed by atoms with van der Waals surface area (Å²) in [6, 6.07) is 0. The van der Waals surface area contributed by atoms with Gasteiger partial charge < -0.3 is 18.7 Å². The van der Waals surface area contributed by atoms with Crippen LogP contribution in [0.1, 0.15) is 74.1 Å². The van der Waals surface area contributed by atoms with Crippen molar-refractivity contribution in [3.8, 4) is 0 Å². The van der Waals surface area contributed by atoms with Gasteiger partial charge in [0.2, 0.25) is 0 Å². The number of hydroxylamine groups is 1. The second kappa shape index (κ2) is 17.7. The average molecular weight is 496 g/mol. The van der Waals surface area contributed by atoms with Gasteiger partial charge in [-0.25, -0.2) is 5.48 Å². The Hall–Kier alpha value is -0.730. The number of nitrogens with one attached hydrogen (secondary N) is 1. The predicted octanol–water partition coefficient (Wildman–Crippen LogP) is 1.57. The number of allylic oxidation sites excluding steroid dienone is 5. The Morgan fingerprint density at radius 3 is 2.06 bits per heavy atom. The van der Waals surface area contributed by atoms with Crippen molar-refractivity contribution >= 4 is 19.5 Å². The van der Waals surface area contributed by atoms with Gasteiger partial charge in [0.25, 0.3) is 5.91 Å². The van der Waals surface area contributed by atoms with E-state index < -0.39 is 37.8 Å². The summed E-state index contributed by atoms with van der Waals surface area (Å²) < 4.78 is 21.0. The molecule has 0 bridgehead atoms. The summed E-state index contributed by atoms with van der Waals surface area (Å²) in [6.07, 6.45) is 9.26. The van der Waals surface area contributed by atoms with Crippen LogP contribution in [-0.4, -0.2) is 31.4 Å². The fourth-order valence-electron chi connectivity index (χ4n) is 2.28. The molecule has 0 aliphatic rings.